The first-order valence-corrected chi connectivity index (χ1v) is 15.0. The summed E-state index contributed by atoms with van der Waals surface area (Å²) in [6.07, 6.45) is -1.94. The van der Waals surface area contributed by atoms with Crippen molar-refractivity contribution in [2.75, 3.05) is 52.9 Å². The summed E-state index contributed by atoms with van der Waals surface area (Å²) < 4.78 is 78.2. The molecule has 0 unspecified atom stereocenters. The van der Waals surface area contributed by atoms with Gasteiger partial charge in [0.2, 0.25) is 21.9 Å². The number of anilines is 2. The number of hydrogen-bond acceptors (Lipinski definition) is 9. The molecule has 1 aromatic carbocycles. The third-order valence-corrected chi connectivity index (χ3v) is 8.23. The van der Waals surface area contributed by atoms with Crippen LogP contribution in [0.2, 0.25) is 5.02 Å². The van der Waals surface area contributed by atoms with Gasteiger partial charge in [-0.1, -0.05) is 18.0 Å². The first kappa shape index (κ1) is 32.6. The zero-order valence-corrected chi connectivity index (χ0v) is 25.0. The second kappa shape index (κ2) is 13.4. The third-order valence-electron chi connectivity index (χ3n) is 6.60. The number of methoxy groups -OCH3 is 1. The summed E-state index contributed by atoms with van der Waals surface area (Å²) in [6, 6.07) is 2.10. The summed E-state index contributed by atoms with van der Waals surface area (Å²) in [4.78, 5) is 22.3. The van der Waals surface area contributed by atoms with Crippen LogP contribution < -0.4 is 20.1 Å². The Morgan fingerprint density at radius 2 is 1.88 bits per heavy atom. The van der Waals surface area contributed by atoms with E-state index in [4.69, 9.17) is 21.1 Å². The fraction of sp³-hybridized carbons (Fsp3) is 0.560. The van der Waals surface area contributed by atoms with Gasteiger partial charge in [-0.2, -0.15) is 22.5 Å². The number of nitrogens with one attached hydrogen (secondary N) is 2. The Bertz CT molecular complexity index is 1350. The van der Waals surface area contributed by atoms with Crippen LogP contribution in [0.3, 0.4) is 0 Å². The molecule has 0 spiro atoms. The Balaban J connectivity index is 1.92. The largest absolute Gasteiger partial charge is 0.495 e. The minimum absolute atomic E-state index is 0.0629. The topological polar surface area (TPSA) is 126 Å². The maximum absolute atomic E-state index is 13.9. The van der Waals surface area contributed by atoms with E-state index < -0.39 is 45.7 Å². The number of carbonyl (C=O) groups is 1. The van der Waals surface area contributed by atoms with Gasteiger partial charge in [0.15, 0.2) is 0 Å². The molecule has 16 heteroatoms. The summed E-state index contributed by atoms with van der Waals surface area (Å²) in [5, 5.41) is 5.59. The SMILES string of the molecule is COc1cc(C(=O)NCCN(C)C)c(Cl)cc1Nc1ncc(C(F)(F)F)c(O[C@@H]2CCCC[C@H]2N(C)S(C)(=O)=O)n1. The molecule has 228 valence electrons. The van der Waals surface area contributed by atoms with Crippen LogP contribution in [0.4, 0.5) is 24.8 Å². The Hall–Kier alpha value is -2.88. The van der Waals surface area contributed by atoms with E-state index in [0.29, 0.717) is 45.0 Å². The molecule has 41 heavy (non-hydrogen) atoms. The van der Waals surface area contributed by atoms with Crippen LogP contribution in [0.25, 0.3) is 0 Å². The maximum atomic E-state index is 13.9. The van der Waals surface area contributed by atoms with Crippen molar-refractivity contribution in [1.29, 1.82) is 0 Å². The lowest BCUT2D eigenvalue weighted by molar-refractivity contribution is -0.140. The predicted molar refractivity (Wildman–Crippen MR) is 148 cm³/mol. The van der Waals surface area contributed by atoms with E-state index in [9.17, 15) is 26.4 Å². The standard InChI is InChI=1S/C25H34ClF3N6O5S/c1-34(2)11-10-30-22(36)15-12-21(39-4)18(13-17(15)26)32-24-31-14-16(25(27,28)29)23(33-24)40-20-9-7-6-8-19(20)35(3)41(5,37)38/h12-14,19-20H,6-11H2,1-5H3,(H,30,36)(H,31,32,33)/t19-,20-/m1/s1. The lowest BCUT2D eigenvalue weighted by Crippen LogP contribution is -2.48. The van der Waals surface area contributed by atoms with Crippen LogP contribution in [-0.4, -0.2) is 93.2 Å². The summed E-state index contributed by atoms with van der Waals surface area (Å²) in [5.41, 5.74) is -0.868. The highest BCUT2D eigenvalue weighted by Gasteiger charge is 2.40. The second-order valence-electron chi connectivity index (χ2n) is 9.91. The quantitative estimate of drug-likeness (QED) is 0.385. The highest BCUT2D eigenvalue weighted by Crippen LogP contribution is 2.38. The minimum atomic E-state index is -4.83. The molecular weight excluding hydrogens is 589 g/mol. The number of likely N-dealkylation sites (N-methyl/N-ethyl adjacent to an activating group) is 2. The molecule has 11 nitrogen and oxygen atoms in total. The van der Waals surface area contributed by atoms with Crippen LogP contribution >= 0.6 is 11.6 Å². The zero-order chi connectivity index (χ0) is 30.5. The lowest BCUT2D eigenvalue weighted by Gasteiger charge is -2.36. The Labute approximate surface area is 242 Å². The van der Waals surface area contributed by atoms with E-state index in [2.05, 4.69) is 20.6 Å². The summed E-state index contributed by atoms with van der Waals surface area (Å²) in [5.74, 6) is -1.25. The fourth-order valence-electron chi connectivity index (χ4n) is 4.33. The number of hydrogen-bond donors (Lipinski definition) is 2. The first-order valence-electron chi connectivity index (χ1n) is 12.7. The molecule has 1 fully saturated rings. The van der Waals surface area contributed by atoms with Crippen molar-refractivity contribution in [3.63, 3.8) is 0 Å². The van der Waals surface area contributed by atoms with Gasteiger partial charge in [0.25, 0.3) is 5.91 Å². The van der Waals surface area contributed by atoms with Crippen molar-refractivity contribution in [2.24, 2.45) is 0 Å². The Morgan fingerprint density at radius 3 is 2.49 bits per heavy atom. The molecule has 1 aliphatic rings. The number of amides is 1. The number of alkyl halides is 3. The van der Waals surface area contributed by atoms with Gasteiger partial charge in [0.05, 0.1) is 35.7 Å². The number of halogens is 4. The van der Waals surface area contributed by atoms with Crippen LogP contribution in [-0.2, 0) is 16.2 Å². The molecule has 1 aromatic heterocycles. The molecule has 1 aliphatic carbocycles. The van der Waals surface area contributed by atoms with E-state index in [-0.39, 0.29) is 28.0 Å². The van der Waals surface area contributed by atoms with Gasteiger partial charge in [-0.05, 0) is 45.5 Å². The van der Waals surface area contributed by atoms with Gasteiger partial charge in [0.1, 0.15) is 17.4 Å². The predicted octanol–water partition coefficient (Wildman–Crippen LogP) is 3.77. The molecule has 0 saturated heterocycles. The van der Waals surface area contributed by atoms with Gasteiger partial charge < -0.3 is 25.0 Å². The summed E-state index contributed by atoms with van der Waals surface area (Å²) >= 11 is 6.35. The lowest BCUT2D eigenvalue weighted by atomic mass is 9.92. The second-order valence-corrected chi connectivity index (χ2v) is 12.4. The smallest absolute Gasteiger partial charge is 0.423 e. The Kier molecular flexibility index (Phi) is 10.7. The van der Waals surface area contributed by atoms with Crippen LogP contribution in [0.1, 0.15) is 41.6 Å². The molecule has 3 rings (SSSR count). The maximum Gasteiger partial charge on any atom is 0.423 e. The molecule has 0 bridgehead atoms. The molecule has 1 amide bonds. The van der Waals surface area contributed by atoms with E-state index in [1.54, 1.807) is 0 Å². The van der Waals surface area contributed by atoms with Crippen LogP contribution in [0, 0.1) is 0 Å². The molecule has 1 heterocycles. The van der Waals surface area contributed by atoms with E-state index in [0.717, 1.165) is 10.6 Å². The molecular formula is C25H34ClF3N6O5S. The fourth-order valence-corrected chi connectivity index (χ4v) is 5.32. The van der Waals surface area contributed by atoms with Crippen LogP contribution in [0.5, 0.6) is 11.6 Å². The van der Waals surface area contributed by atoms with Gasteiger partial charge in [0, 0.05) is 26.3 Å². The third kappa shape index (κ3) is 8.56. The average molecular weight is 623 g/mol. The minimum Gasteiger partial charge on any atom is -0.495 e. The van der Waals surface area contributed by atoms with E-state index in [1.165, 1.54) is 26.3 Å². The van der Waals surface area contributed by atoms with Gasteiger partial charge in [-0.15, -0.1) is 0 Å². The van der Waals surface area contributed by atoms with Crippen molar-refractivity contribution in [3.05, 3.63) is 34.5 Å². The van der Waals surface area contributed by atoms with Crippen molar-refractivity contribution in [2.45, 2.75) is 44.0 Å². The monoisotopic (exact) mass is 622 g/mol. The van der Waals surface area contributed by atoms with Crippen molar-refractivity contribution >= 4 is 39.2 Å². The summed E-state index contributed by atoms with van der Waals surface area (Å²) in [6.45, 7) is 0.996. The zero-order valence-electron chi connectivity index (χ0n) is 23.4. The van der Waals surface area contributed by atoms with Crippen LogP contribution in [0.15, 0.2) is 18.3 Å². The summed E-state index contributed by atoms with van der Waals surface area (Å²) in [7, 11) is 2.84. The molecule has 0 aliphatic heterocycles. The molecule has 2 N–H and O–H groups in total. The molecule has 2 atom stereocenters. The van der Waals surface area contributed by atoms with Gasteiger partial charge in [-0.25, -0.2) is 13.4 Å². The number of sulfonamides is 1. The average Bonchev–Trinajstić information content (AvgIpc) is 2.87. The number of benzene rings is 1. The molecule has 0 radical (unpaired) electrons. The van der Waals surface area contributed by atoms with Gasteiger partial charge >= 0.3 is 6.18 Å². The van der Waals surface area contributed by atoms with Crippen molar-refractivity contribution in [3.8, 4) is 11.6 Å². The van der Waals surface area contributed by atoms with E-state index >= 15 is 0 Å². The van der Waals surface area contributed by atoms with Crippen molar-refractivity contribution in [1.82, 2.24) is 24.5 Å². The number of aromatic nitrogens is 2. The molecule has 1 saturated carbocycles. The molecule has 2 aromatic rings. The highest BCUT2D eigenvalue weighted by molar-refractivity contribution is 7.88. The van der Waals surface area contributed by atoms with Crippen molar-refractivity contribution < 1.29 is 35.9 Å². The highest BCUT2D eigenvalue weighted by atomic mass is 35.5. The Morgan fingerprint density at radius 1 is 1.20 bits per heavy atom. The number of carbonyl (C=O) groups excluding carboxylic acids is 1. The number of rotatable bonds is 11. The normalized spacial score (nSPS) is 17.9. The number of nitrogens with zero attached hydrogens (tertiary/aromatic N) is 4. The number of ether oxygens (including phenoxy) is 2. The van der Waals surface area contributed by atoms with E-state index in [1.807, 2.05) is 19.0 Å². The first-order chi connectivity index (χ1) is 19.1. The van der Waals surface area contributed by atoms with Gasteiger partial charge in [-0.3, -0.25) is 4.79 Å².